The number of hydrogen-bond donors (Lipinski definition) is 0. The van der Waals surface area contributed by atoms with Crippen LogP contribution in [-0.2, 0) is 14.3 Å². The van der Waals surface area contributed by atoms with Gasteiger partial charge in [0.05, 0.1) is 29.7 Å². The van der Waals surface area contributed by atoms with Crippen molar-refractivity contribution in [1.29, 1.82) is 0 Å². The molecule has 2 bridgehead atoms. The molecule has 0 aromatic heterocycles. The number of para-hydroxylation sites is 1. The van der Waals surface area contributed by atoms with Crippen LogP contribution in [0.4, 0.5) is 10.1 Å². The number of ether oxygens (including phenoxy) is 1. The smallest absolute Gasteiger partial charge is 0.240 e. The zero-order chi connectivity index (χ0) is 13.1. The summed E-state index contributed by atoms with van der Waals surface area (Å²) in [6, 6.07) is 5.89. The van der Waals surface area contributed by atoms with E-state index in [9.17, 15) is 14.0 Å². The van der Waals surface area contributed by atoms with Gasteiger partial charge in [0.1, 0.15) is 5.82 Å². The Bertz CT molecular complexity index is 560. The lowest BCUT2D eigenvalue weighted by molar-refractivity contribution is -0.124. The summed E-state index contributed by atoms with van der Waals surface area (Å²) in [5.74, 6) is -1.99. The van der Waals surface area contributed by atoms with E-state index in [2.05, 4.69) is 0 Å². The summed E-state index contributed by atoms with van der Waals surface area (Å²) in [7, 11) is 0. The fourth-order valence-corrected chi connectivity index (χ4v) is 3.58. The zero-order valence-corrected chi connectivity index (χ0v) is 10.1. The highest BCUT2D eigenvalue weighted by atomic mass is 19.1. The Morgan fingerprint density at radius 1 is 1.05 bits per heavy atom. The van der Waals surface area contributed by atoms with Crippen molar-refractivity contribution in [3.05, 3.63) is 30.1 Å². The van der Waals surface area contributed by atoms with Crippen LogP contribution >= 0.6 is 0 Å². The molecule has 19 heavy (non-hydrogen) atoms. The molecule has 98 valence electrons. The molecule has 0 N–H and O–H groups in total. The molecule has 0 spiro atoms. The van der Waals surface area contributed by atoms with Crippen LogP contribution < -0.4 is 4.90 Å². The van der Waals surface area contributed by atoms with Crippen LogP contribution in [0.25, 0.3) is 0 Å². The van der Waals surface area contributed by atoms with Gasteiger partial charge >= 0.3 is 0 Å². The number of amides is 2. The molecule has 3 saturated heterocycles. The summed E-state index contributed by atoms with van der Waals surface area (Å²) in [4.78, 5) is 25.8. The Morgan fingerprint density at radius 2 is 1.63 bits per heavy atom. The second kappa shape index (κ2) is 3.63. The van der Waals surface area contributed by atoms with Gasteiger partial charge in [-0.2, -0.15) is 0 Å². The van der Waals surface area contributed by atoms with E-state index in [0.717, 1.165) is 17.7 Å². The lowest BCUT2D eigenvalue weighted by Gasteiger charge is -2.17. The van der Waals surface area contributed by atoms with Gasteiger partial charge in [0, 0.05) is 0 Å². The van der Waals surface area contributed by atoms with Crippen LogP contribution in [0.15, 0.2) is 24.3 Å². The molecule has 3 heterocycles. The maximum atomic E-state index is 13.8. The van der Waals surface area contributed by atoms with Gasteiger partial charge in [0.2, 0.25) is 11.8 Å². The topological polar surface area (TPSA) is 46.6 Å². The Morgan fingerprint density at radius 3 is 2.21 bits per heavy atom. The predicted octanol–water partition coefficient (Wildman–Crippen LogP) is 1.49. The number of rotatable bonds is 1. The van der Waals surface area contributed by atoms with Gasteiger partial charge in [-0.25, -0.2) is 9.29 Å². The molecule has 0 saturated carbocycles. The fraction of sp³-hybridized carbons (Fsp3) is 0.429. The van der Waals surface area contributed by atoms with Crippen LogP contribution in [0.3, 0.4) is 0 Å². The first-order valence-corrected chi connectivity index (χ1v) is 6.46. The lowest BCUT2D eigenvalue weighted by atomic mass is 9.81. The SMILES string of the molecule is O=C1C2C3CCC(O3)C2C(=O)N1c1ccccc1F. The summed E-state index contributed by atoms with van der Waals surface area (Å²) in [6.07, 6.45) is 1.30. The number of anilines is 1. The molecule has 4 rings (SSSR count). The second-order valence-electron chi connectivity index (χ2n) is 5.31. The normalized spacial score (nSPS) is 36.2. The number of fused-ring (bicyclic) bond motifs is 5. The number of carbonyl (C=O) groups is 2. The van der Waals surface area contributed by atoms with Crippen molar-refractivity contribution in [3.63, 3.8) is 0 Å². The number of halogens is 1. The highest BCUT2D eigenvalue weighted by molar-refractivity contribution is 6.22. The average molecular weight is 261 g/mol. The predicted molar refractivity (Wildman–Crippen MR) is 63.8 cm³/mol. The Kier molecular flexibility index (Phi) is 2.12. The van der Waals surface area contributed by atoms with Crippen LogP contribution in [0.1, 0.15) is 12.8 Å². The minimum atomic E-state index is -0.544. The first-order chi connectivity index (χ1) is 9.18. The second-order valence-corrected chi connectivity index (χ2v) is 5.31. The maximum absolute atomic E-state index is 13.8. The lowest BCUT2D eigenvalue weighted by Crippen LogP contribution is -2.34. The van der Waals surface area contributed by atoms with Crippen LogP contribution in [0, 0.1) is 17.7 Å². The van der Waals surface area contributed by atoms with Crippen molar-refractivity contribution in [1.82, 2.24) is 0 Å². The zero-order valence-electron chi connectivity index (χ0n) is 10.1. The van der Waals surface area contributed by atoms with Gasteiger partial charge in [-0.3, -0.25) is 9.59 Å². The minimum absolute atomic E-state index is 0.0614. The number of hydrogen-bond acceptors (Lipinski definition) is 3. The van der Waals surface area contributed by atoms with Crippen molar-refractivity contribution in [2.75, 3.05) is 4.90 Å². The van der Waals surface area contributed by atoms with E-state index in [0.29, 0.717) is 0 Å². The first-order valence-electron chi connectivity index (χ1n) is 6.46. The summed E-state index contributed by atoms with van der Waals surface area (Å²) < 4.78 is 19.4. The summed E-state index contributed by atoms with van der Waals surface area (Å²) in [5.41, 5.74) is 0.0614. The molecular weight excluding hydrogens is 249 g/mol. The third kappa shape index (κ3) is 1.31. The molecule has 4 unspecified atom stereocenters. The van der Waals surface area contributed by atoms with E-state index >= 15 is 0 Å². The van der Waals surface area contributed by atoms with Crippen LogP contribution in [0.5, 0.6) is 0 Å². The minimum Gasteiger partial charge on any atom is -0.373 e. The molecule has 2 amide bonds. The summed E-state index contributed by atoms with van der Waals surface area (Å²) in [6.45, 7) is 0. The van der Waals surface area contributed by atoms with Gasteiger partial charge in [0.15, 0.2) is 0 Å². The molecular formula is C14H12FNO3. The molecule has 0 radical (unpaired) electrons. The summed E-state index contributed by atoms with van der Waals surface area (Å²) >= 11 is 0. The molecule has 3 aliphatic heterocycles. The highest BCUT2D eigenvalue weighted by Crippen LogP contribution is 2.49. The molecule has 0 aliphatic carbocycles. The van der Waals surface area contributed by atoms with Crippen molar-refractivity contribution in [2.45, 2.75) is 25.0 Å². The van der Waals surface area contributed by atoms with Crippen LogP contribution in [0.2, 0.25) is 0 Å². The van der Waals surface area contributed by atoms with Crippen molar-refractivity contribution in [3.8, 4) is 0 Å². The average Bonchev–Trinajstić information content (AvgIpc) is 3.06. The first kappa shape index (κ1) is 11.1. The van der Waals surface area contributed by atoms with Gasteiger partial charge in [0.25, 0.3) is 0 Å². The number of benzene rings is 1. The maximum Gasteiger partial charge on any atom is 0.240 e. The van der Waals surface area contributed by atoms with E-state index in [1.54, 1.807) is 6.07 Å². The Balaban J connectivity index is 1.78. The molecule has 3 aliphatic rings. The van der Waals surface area contributed by atoms with E-state index < -0.39 is 17.7 Å². The number of carbonyl (C=O) groups excluding carboxylic acids is 2. The monoisotopic (exact) mass is 261 g/mol. The van der Waals surface area contributed by atoms with Crippen molar-refractivity contribution in [2.24, 2.45) is 11.8 Å². The van der Waals surface area contributed by atoms with Crippen molar-refractivity contribution >= 4 is 17.5 Å². The highest BCUT2D eigenvalue weighted by Gasteiger charge is 2.62. The van der Waals surface area contributed by atoms with E-state index in [4.69, 9.17) is 4.74 Å². The van der Waals surface area contributed by atoms with Gasteiger partial charge in [-0.05, 0) is 25.0 Å². The van der Waals surface area contributed by atoms with Gasteiger partial charge in [-0.15, -0.1) is 0 Å². The van der Waals surface area contributed by atoms with Gasteiger partial charge in [-0.1, -0.05) is 12.1 Å². The fourth-order valence-electron chi connectivity index (χ4n) is 3.58. The summed E-state index contributed by atoms with van der Waals surface area (Å²) in [5, 5.41) is 0. The molecule has 4 nitrogen and oxygen atoms in total. The van der Waals surface area contributed by atoms with Gasteiger partial charge < -0.3 is 4.74 Å². The van der Waals surface area contributed by atoms with Crippen molar-refractivity contribution < 1.29 is 18.7 Å². The Hall–Kier alpha value is -1.75. The Labute approximate surface area is 109 Å². The largest absolute Gasteiger partial charge is 0.373 e. The quantitative estimate of drug-likeness (QED) is 0.720. The number of nitrogens with zero attached hydrogens (tertiary/aromatic N) is 1. The van der Waals surface area contributed by atoms with E-state index in [-0.39, 0.29) is 29.7 Å². The third-order valence-electron chi connectivity index (χ3n) is 4.38. The molecule has 1 aromatic carbocycles. The van der Waals surface area contributed by atoms with E-state index in [1.165, 1.54) is 18.2 Å². The molecule has 1 aromatic rings. The molecule has 4 atom stereocenters. The third-order valence-corrected chi connectivity index (χ3v) is 4.38. The molecule has 5 heteroatoms. The van der Waals surface area contributed by atoms with E-state index in [1.807, 2.05) is 0 Å². The number of imide groups is 1. The van der Waals surface area contributed by atoms with Crippen LogP contribution in [-0.4, -0.2) is 24.0 Å². The standard InChI is InChI=1S/C14H12FNO3/c15-7-3-1-2-4-8(7)16-13(17)11-9-5-6-10(19-9)12(11)14(16)18/h1-4,9-12H,5-6H2. The molecule has 3 fully saturated rings.